The van der Waals surface area contributed by atoms with Crippen LogP contribution in [0.4, 0.5) is 11.5 Å². The summed E-state index contributed by atoms with van der Waals surface area (Å²) in [5.74, 6) is -0.418. The van der Waals surface area contributed by atoms with Crippen molar-refractivity contribution >= 4 is 62.7 Å². The molecule has 2 aliphatic rings. The van der Waals surface area contributed by atoms with Crippen molar-refractivity contribution in [2.75, 3.05) is 25.0 Å². The van der Waals surface area contributed by atoms with Crippen LogP contribution < -0.4 is 10.6 Å². The molecule has 1 unspecified atom stereocenters. The van der Waals surface area contributed by atoms with Crippen molar-refractivity contribution < 1.29 is 24.5 Å². The molecule has 54 heavy (non-hydrogen) atoms. The highest BCUT2D eigenvalue weighted by molar-refractivity contribution is 6.39. The zero-order valence-corrected chi connectivity index (χ0v) is 30.6. The monoisotopic (exact) mass is 763 g/mol. The molecule has 0 bridgehead atoms. The summed E-state index contributed by atoms with van der Waals surface area (Å²) in [4.78, 5) is 28.2. The average Bonchev–Trinajstić information content (AvgIpc) is 3.89. The Kier molecular flexibility index (Phi) is 9.48. The van der Waals surface area contributed by atoms with Gasteiger partial charge in [0, 0.05) is 54.6 Å². The predicted molar refractivity (Wildman–Crippen MR) is 206 cm³/mol. The van der Waals surface area contributed by atoms with Gasteiger partial charge in [0.2, 0.25) is 5.89 Å². The number of oxazole rings is 1. The molecular weight excluding hydrogens is 729 g/mol. The van der Waals surface area contributed by atoms with E-state index in [1.165, 1.54) is 6.92 Å². The van der Waals surface area contributed by atoms with E-state index in [2.05, 4.69) is 32.7 Å². The Balaban J connectivity index is 1.10. The Hall–Kier alpha value is -5.13. The number of aliphatic carboxylic acids is 1. The first-order valence-electron chi connectivity index (χ1n) is 17.5. The van der Waals surface area contributed by atoms with Gasteiger partial charge in [0.05, 0.1) is 34.0 Å². The number of likely N-dealkylation sites (tertiary alicyclic amines) is 1. The lowest BCUT2D eigenvalue weighted by atomic mass is 9.98. The molecule has 4 heterocycles. The van der Waals surface area contributed by atoms with Crippen molar-refractivity contribution in [3.63, 3.8) is 0 Å². The van der Waals surface area contributed by atoms with Gasteiger partial charge >= 0.3 is 5.97 Å². The first-order chi connectivity index (χ1) is 26.1. The first kappa shape index (κ1) is 35.9. The number of β-amino-alcohol motifs (C(OH)–C–C–N with tert-alkyl or cyclic N) is 1. The number of anilines is 2. The van der Waals surface area contributed by atoms with Crippen LogP contribution in [0.3, 0.4) is 0 Å². The number of aromatic nitrogens is 3. The Morgan fingerprint density at radius 3 is 2.61 bits per heavy atom. The maximum atomic E-state index is 11.9. The van der Waals surface area contributed by atoms with E-state index in [1.807, 2.05) is 48.7 Å². The minimum Gasteiger partial charge on any atom is -0.480 e. The molecule has 8 rings (SSSR count). The zero-order chi connectivity index (χ0) is 37.7. The highest BCUT2D eigenvalue weighted by Crippen LogP contribution is 2.44. The van der Waals surface area contributed by atoms with E-state index >= 15 is 0 Å². The normalized spacial score (nSPS) is 18.1. The van der Waals surface area contributed by atoms with Crippen LogP contribution in [0.25, 0.3) is 44.6 Å². The van der Waals surface area contributed by atoms with Crippen molar-refractivity contribution in [1.82, 2.24) is 25.2 Å². The third-order valence-electron chi connectivity index (χ3n) is 10.4. The number of aliphatic hydroxyl groups excluding tert-OH is 2. The lowest BCUT2D eigenvalue weighted by Gasteiger charge is -2.28. The highest BCUT2D eigenvalue weighted by atomic mass is 35.5. The molecule has 1 aliphatic heterocycles. The van der Waals surface area contributed by atoms with Gasteiger partial charge in [-0.3, -0.25) is 20.0 Å². The number of fused-ring (bicyclic) bond motifs is 3. The standard InChI is InChI=1S/C40H35Cl2N7O5/c1-40(20-50,39(52)53)48-30-9-8-24-28(30)15-32-36(29(24)16-43)54-38(47-32)27-6-2-4-25(33(27)41)26-5-3-7-31(34(26)42)46-37-35-22(10-12-44-37)14-21(17-45-35)18-49-13-11-23(51)19-49/h2-7,10,12,14-15,17,23,30,48,50-51H,8-9,11,13,18-20H2,1H3,(H,44,46)(H,52,53)/t23-,30-,40?/m1/s1. The van der Waals surface area contributed by atoms with E-state index in [9.17, 15) is 25.4 Å². The highest BCUT2D eigenvalue weighted by Gasteiger charge is 2.38. The Labute approximate surface area is 320 Å². The van der Waals surface area contributed by atoms with Gasteiger partial charge in [-0.2, -0.15) is 5.26 Å². The van der Waals surface area contributed by atoms with Gasteiger partial charge in [-0.1, -0.05) is 47.5 Å². The van der Waals surface area contributed by atoms with Crippen LogP contribution in [0.5, 0.6) is 0 Å². The van der Waals surface area contributed by atoms with Gasteiger partial charge in [0.25, 0.3) is 0 Å². The molecule has 0 spiro atoms. The second-order valence-electron chi connectivity index (χ2n) is 14.0. The number of aliphatic hydroxyl groups is 2. The summed E-state index contributed by atoms with van der Waals surface area (Å²) in [6, 6.07) is 18.7. The van der Waals surface area contributed by atoms with E-state index in [-0.39, 0.29) is 12.0 Å². The van der Waals surface area contributed by atoms with E-state index in [4.69, 9.17) is 37.6 Å². The fourth-order valence-electron chi connectivity index (χ4n) is 7.46. The molecule has 6 aromatic rings. The summed E-state index contributed by atoms with van der Waals surface area (Å²) < 4.78 is 6.25. The fourth-order valence-corrected chi connectivity index (χ4v) is 8.04. The Bertz CT molecular complexity index is 2500. The number of nitriles is 1. The summed E-state index contributed by atoms with van der Waals surface area (Å²) in [5.41, 5.74) is 5.16. The van der Waals surface area contributed by atoms with Crippen LogP contribution in [0.1, 0.15) is 48.1 Å². The minimum atomic E-state index is -1.56. The Morgan fingerprint density at radius 1 is 1.09 bits per heavy atom. The number of carboxylic acids is 1. The smallest absolute Gasteiger partial charge is 0.326 e. The van der Waals surface area contributed by atoms with E-state index in [0.29, 0.717) is 86.4 Å². The number of pyridine rings is 2. The molecule has 14 heteroatoms. The van der Waals surface area contributed by atoms with Crippen molar-refractivity contribution in [3.8, 4) is 28.7 Å². The number of benzene rings is 3. The lowest BCUT2D eigenvalue weighted by molar-refractivity contribution is -0.146. The second kappa shape index (κ2) is 14.3. The minimum absolute atomic E-state index is 0.212. The van der Waals surface area contributed by atoms with Crippen LogP contribution in [0.2, 0.25) is 10.0 Å². The SMILES string of the molecule is CC(CO)(N[C@@H]1CCc2c1cc1nc(-c3cccc(-c4cccc(Nc5nccc6cc(CN7CC[C@@H](O)C7)cnc56)c4Cl)c3Cl)oc1c2C#N)C(=O)O. The molecule has 1 saturated heterocycles. The summed E-state index contributed by atoms with van der Waals surface area (Å²) in [7, 11) is 0. The van der Waals surface area contributed by atoms with Crippen LogP contribution >= 0.6 is 23.2 Å². The number of carbonyl (C=O) groups is 1. The number of rotatable bonds is 10. The zero-order valence-electron chi connectivity index (χ0n) is 29.1. The molecule has 0 radical (unpaired) electrons. The summed E-state index contributed by atoms with van der Waals surface area (Å²) >= 11 is 14.2. The molecule has 12 nitrogen and oxygen atoms in total. The lowest BCUT2D eigenvalue weighted by Crippen LogP contribution is -2.53. The van der Waals surface area contributed by atoms with Crippen LogP contribution in [-0.4, -0.2) is 72.5 Å². The molecular formula is C40H35Cl2N7O5. The third kappa shape index (κ3) is 6.43. The van der Waals surface area contributed by atoms with Gasteiger partial charge < -0.3 is 25.1 Å². The van der Waals surface area contributed by atoms with E-state index in [1.54, 1.807) is 12.3 Å². The van der Waals surface area contributed by atoms with Crippen LogP contribution in [0.15, 0.2) is 71.4 Å². The van der Waals surface area contributed by atoms with Crippen LogP contribution in [0, 0.1) is 11.3 Å². The summed E-state index contributed by atoms with van der Waals surface area (Å²) in [6.07, 6.45) is 5.13. The predicted octanol–water partition coefficient (Wildman–Crippen LogP) is 7.01. The Morgan fingerprint density at radius 2 is 1.87 bits per heavy atom. The van der Waals surface area contributed by atoms with E-state index < -0.39 is 24.2 Å². The molecule has 3 aromatic carbocycles. The van der Waals surface area contributed by atoms with Gasteiger partial charge in [-0.05, 0) is 73.2 Å². The van der Waals surface area contributed by atoms with Crippen LogP contribution in [-0.2, 0) is 17.8 Å². The number of hydrogen-bond acceptors (Lipinski definition) is 11. The molecule has 0 amide bonds. The number of nitrogens with one attached hydrogen (secondary N) is 2. The van der Waals surface area contributed by atoms with Crippen molar-refractivity contribution in [3.05, 3.63) is 99.3 Å². The van der Waals surface area contributed by atoms with Crippen molar-refractivity contribution in [1.29, 1.82) is 5.26 Å². The third-order valence-corrected chi connectivity index (χ3v) is 11.2. The first-order valence-corrected chi connectivity index (χ1v) is 18.3. The maximum Gasteiger partial charge on any atom is 0.326 e. The van der Waals surface area contributed by atoms with E-state index in [0.717, 1.165) is 35.0 Å². The van der Waals surface area contributed by atoms with Gasteiger partial charge in [-0.15, -0.1) is 0 Å². The molecule has 3 aromatic heterocycles. The summed E-state index contributed by atoms with van der Waals surface area (Å²) in [5, 5.41) is 47.8. The number of halogens is 2. The number of carboxylic acid groups (broad SMARTS) is 1. The number of nitrogens with zero attached hydrogens (tertiary/aromatic N) is 5. The topological polar surface area (TPSA) is 181 Å². The molecule has 3 atom stereocenters. The number of hydrogen-bond donors (Lipinski definition) is 5. The summed E-state index contributed by atoms with van der Waals surface area (Å²) in [6.45, 7) is 3.05. The quantitative estimate of drug-likeness (QED) is 0.0965. The largest absolute Gasteiger partial charge is 0.480 e. The molecule has 1 aliphatic carbocycles. The molecule has 1 fully saturated rings. The average molecular weight is 765 g/mol. The van der Waals surface area contributed by atoms with Crippen molar-refractivity contribution in [2.24, 2.45) is 0 Å². The molecule has 5 N–H and O–H groups in total. The second-order valence-corrected chi connectivity index (χ2v) is 14.8. The van der Waals surface area contributed by atoms with Crippen molar-refractivity contribution in [2.45, 2.75) is 50.4 Å². The van der Waals surface area contributed by atoms with Gasteiger partial charge in [0.15, 0.2) is 11.4 Å². The van der Waals surface area contributed by atoms with Gasteiger partial charge in [0.1, 0.15) is 28.2 Å². The fraction of sp³-hybridized carbons (Fsp3) is 0.275. The van der Waals surface area contributed by atoms with Gasteiger partial charge in [-0.25, -0.2) is 9.97 Å². The maximum absolute atomic E-state index is 11.9. The molecule has 274 valence electrons. The molecule has 0 saturated carbocycles.